The number of hydrogen-bond donors (Lipinski definition) is 1. The van der Waals surface area contributed by atoms with E-state index >= 15 is 0 Å². The zero-order valence-corrected chi connectivity index (χ0v) is 10.2. The van der Waals surface area contributed by atoms with Gasteiger partial charge in [-0.05, 0) is 45.0 Å². The Morgan fingerprint density at radius 1 is 1.18 bits per heavy atom. The summed E-state index contributed by atoms with van der Waals surface area (Å²) in [6, 6.07) is 6.84. The van der Waals surface area contributed by atoms with Crippen molar-refractivity contribution in [3.05, 3.63) is 36.7 Å². The number of phenolic OH excluding ortho intramolecular Hbond substituents is 1. The molecule has 17 heavy (non-hydrogen) atoms. The van der Waals surface area contributed by atoms with Crippen LogP contribution >= 0.6 is 0 Å². The van der Waals surface area contributed by atoms with Crippen LogP contribution in [0.4, 0.5) is 0 Å². The quantitative estimate of drug-likeness (QED) is 0.866. The Balaban J connectivity index is 2.21. The van der Waals surface area contributed by atoms with E-state index in [0.29, 0.717) is 0 Å². The Hall–Kier alpha value is -1.97. The summed E-state index contributed by atoms with van der Waals surface area (Å²) >= 11 is 0. The molecule has 0 saturated carbocycles. The summed E-state index contributed by atoms with van der Waals surface area (Å²) in [4.78, 5) is 0. The molecule has 0 radical (unpaired) electrons. The number of nitrogens with zero attached hydrogens (tertiary/aromatic N) is 2. The first-order chi connectivity index (χ1) is 7.94. The highest BCUT2D eigenvalue weighted by Crippen LogP contribution is 2.19. The fourth-order valence-corrected chi connectivity index (χ4v) is 1.46. The predicted octanol–water partition coefficient (Wildman–Crippen LogP) is 2.76. The van der Waals surface area contributed by atoms with E-state index in [2.05, 4.69) is 5.10 Å². The van der Waals surface area contributed by atoms with Gasteiger partial charge in [0.05, 0.1) is 18.1 Å². The van der Waals surface area contributed by atoms with Crippen LogP contribution < -0.4 is 4.74 Å². The molecule has 0 saturated heterocycles. The Morgan fingerprint density at radius 3 is 2.41 bits per heavy atom. The molecule has 0 unspecified atom stereocenters. The van der Waals surface area contributed by atoms with Crippen molar-refractivity contribution in [2.75, 3.05) is 0 Å². The summed E-state index contributed by atoms with van der Waals surface area (Å²) in [5, 5.41) is 13.4. The molecule has 1 heterocycles. The lowest BCUT2D eigenvalue weighted by atomic mass is 10.2. The molecule has 2 aromatic rings. The van der Waals surface area contributed by atoms with Gasteiger partial charge in [0.2, 0.25) is 0 Å². The summed E-state index contributed by atoms with van der Waals surface area (Å²) in [7, 11) is 0. The third-order valence-electron chi connectivity index (χ3n) is 2.10. The summed E-state index contributed by atoms with van der Waals surface area (Å²) in [5.41, 5.74) is 0.648. The van der Waals surface area contributed by atoms with Crippen molar-refractivity contribution in [1.29, 1.82) is 0 Å². The van der Waals surface area contributed by atoms with E-state index in [1.165, 1.54) is 0 Å². The first-order valence-corrected chi connectivity index (χ1v) is 5.47. The SMILES string of the molecule is CC(C)(C)Oc1cnn(-c2ccc(O)cc2)c1. The second-order valence-corrected chi connectivity index (χ2v) is 4.85. The normalized spacial score (nSPS) is 11.5. The molecule has 0 amide bonds. The Bertz CT molecular complexity index is 495. The van der Waals surface area contributed by atoms with E-state index in [-0.39, 0.29) is 11.4 Å². The molecule has 1 aromatic heterocycles. The predicted molar refractivity (Wildman–Crippen MR) is 65.6 cm³/mol. The van der Waals surface area contributed by atoms with Gasteiger partial charge in [0.25, 0.3) is 0 Å². The average Bonchev–Trinajstić information content (AvgIpc) is 2.64. The first-order valence-electron chi connectivity index (χ1n) is 5.47. The van der Waals surface area contributed by atoms with Crippen molar-refractivity contribution >= 4 is 0 Å². The minimum absolute atomic E-state index is 0.233. The number of ether oxygens (including phenoxy) is 1. The molecule has 0 atom stereocenters. The van der Waals surface area contributed by atoms with Crippen molar-refractivity contribution in [3.63, 3.8) is 0 Å². The van der Waals surface area contributed by atoms with Crippen molar-refractivity contribution in [2.45, 2.75) is 26.4 Å². The highest BCUT2D eigenvalue weighted by Gasteiger charge is 2.13. The molecule has 0 aliphatic carbocycles. The van der Waals surface area contributed by atoms with Crippen LogP contribution in [0.2, 0.25) is 0 Å². The highest BCUT2D eigenvalue weighted by molar-refractivity contribution is 5.37. The molecule has 0 bridgehead atoms. The lowest BCUT2D eigenvalue weighted by Gasteiger charge is -2.19. The van der Waals surface area contributed by atoms with Crippen molar-refractivity contribution in [2.24, 2.45) is 0 Å². The maximum atomic E-state index is 9.21. The van der Waals surface area contributed by atoms with Crippen molar-refractivity contribution < 1.29 is 9.84 Å². The molecule has 2 rings (SSSR count). The molecule has 1 N–H and O–H groups in total. The van der Waals surface area contributed by atoms with Gasteiger partial charge in [-0.3, -0.25) is 0 Å². The molecular formula is C13H16N2O2. The molecule has 4 heteroatoms. The Kier molecular flexibility index (Phi) is 2.79. The van der Waals surface area contributed by atoms with E-state index < -0.39 is 0 Å². The first kappa shape index (κ1) is 11.5. The van der Waals surface area contributed by atoms with Crippen LogP contribution in [-0.4, -0.2) is 20.5 Å². The van der Waals surface area contributed by atoms with Crippen LogP contribution in [0.1, 0.15) is 20.8 Å². The topological polar surface area (TPSA) is 47.3 Å². The van der Waals surface area contributed by atoms with E-state index in [0.717, 1.165) is 11.4 Å². The highest BCUT2D eigenvalue weighted by atomic mass is 16.5. The average molecular weight is 232 g/mol. The lowest BCUT2D eigenvalue weighted by Crippen LogP contribution is -2.22. The Morgan fingerprint density at radius 2 is 1.82 bits per heavy atom. The molecule has 1 aromatic carbocycles. The molecule has 0 spiro atoms. The van der Waals surface area contributed by atoms with Gasteiger partial charge in [-0.25, -0.2) is 4.68 Å². The van der Waals surface area contributed by atoms with Crippen molar-refractivity contribution in [1.82, 2.24) is 9.78 Å². The fraction of sp³-hybridized carbons (Fsp3) is 0.308. The van der Waals surface area contributed by atoms with Crippen molar-refractivity contribution in [3.8, 4) is 17.2 Å². The number of aromatic hydroxyl groups is 1. The van der Waals surface area contributed by atoms with Crippen LogP contribution in [0.25, 0.3) is 5.69 Å². The van der Waals surface area contributed by atoms with Gasteiger partial charge in [0.15, 0.2) is 5.75 Å². The second kappa shape index (κ2) is 4.13. The largest absolute Gasteiger partial charge is 0.508 e. The summed E-state index contributed by atoms with van der Waals surface area (Å²) in [6.45, 7) is 5.97. The molecule has 0 aliphatic rings. The summed E-state index contributed by atoms with van der Waals surface area (Å²) < 4.78 is 7.40. The smallest absolute Gasteiger partial charge is 0.158 e. The Labute approximate surface area is 100 Å². The van der Waals surface area contributed by atoms with Crippen LogP contribution in [-0.2, 0) is 0 Å². The van der Waals surface area contributed by atoms with E-state index in [1.807, 2.05) is 27.0 Å². The van der Waals surface area contributed by atoms with E-state index in [1.54, 1.807) is 35.1 Å². The van der Waals surface area contributed by atoms with Crippen LogP contribution in [0.5, 0.6) is 11.5 Å². The van der Waals surface area contributed by atoms with Gasteiger partial charge in [0, 0.05) is 0 Å². The van der Waals surface area contributed by atoms with Crippen LogP contribution in [0.3, 0.4) is 0 Å². The second-order valence-electron chi connectivity index (χ2n) is 4.85. The molecule has 4 nitrogen and oxygen atoms in total. The van der Waals surface area contributed by atoms with Crippen LogP contribution in [0.15, 0.2) is 36.7 Å². The minimum atomic E-state index is -0.233. The maximum Gasteiger partial charge on any atom is 0.158 e. The molecule has 90 valence electrons. The monoisotopic (exact) mass is 232 g/mol. The van der Waals surface area contributed by atoms with Gasteiger partial charge in [-0.15, -0.1) is 0 Å². The molecular weight excluding hydrogens is 216 g/mol. The van der Waals surface area contributed by atoms with Gasteiger partial charge >= 0.3 is 0 Å². The number of phenols is 1. The molecule has 0 aliphatic heterocycles. The summed E-state index contributed by atoms with van der Waals surface area (Å²) in [5.74, 6) is 0.970. The minimum Gasteiger partial charge on any atom is -0.508 e. The number of benzene rings is 1. The number of aromatic nitrogens is 2. The van der Waals surface area contributed by atoms with Gasteiger partial charge in [0.1, 0.15) is 11.4 Å². The van der Waals surface area contributed by atoms with Gasteiger partial charge < -0.3 is 9.84 Å². The number of hydrogen-bond acceptors (Lipinski definition) is 3. The maximum absolute atomic E-state index is 9.21. The summed E-state index contributed by atoms with van der Waals surface area (Å²) in [6.07, 6.45) is 3.50. The number of rotatable bonds is 2. The van der Waals surface area contributed by atoms with E-state index in [9.17, 15) is 5.11 Å². The standard InChI is InChI=1S/C13H16N2O2/c1-13(2,3)17-12-8-14-15(9-12)10-4-6-11(16)7-5-10/h4-9,16H,1-3H3. The van der Waals surface area contributed by atoms with Gasteiger partial charge in [-0.2, -0.15) is 5.10 Å². The third-order valence-corrected chi connectivity index (χ3v) is 2.10. The van der Waals surface area contributed by atoms with Gasteiger partial charge in [-0.1, -0.05) is 0 Å². The zero-order valence-electron chi connectivity index (χ0n) is 10.2. The third kappa shape index (κ3) is 3.00. The fourth-order valence-electron chi connectivity index (χ4n) is 1.46. The molecule has 0 fully saturated rings. The van der Waals surface area contributed by atoms with E-state index in [4.69, 9.17) is 4.74 Å². The van der Waals surface area contributed by atoms with Crippen LogP contribution in [0, 0.1) is 0 Å². The lowest BCUT2D eigenvalue weighted by molar-refractivity contribution is 0.131. The zero-order chi connectivity index (χ0) is 12.5.